The van der Waals surface area contributed by atoms with Gasteiger partial charge >= 0.3 is 0 Å². The van der Waals surface area contributed by atoms with E-state index in [0.29, 0.717) is 13.0 Å². The third kappa shape index (κ3) is 2.52. The van der Waals surface area contributed by atoms with Gasteiger partial charge in [0.1, 0.15) is 0 Å². The van der Waals surface area contributed by atoms with Crippen LogP contribution in [0, 0.1) is 0 Å². The van der Waals surface area contributed by atoms with Crippen LogP contribution >= 0.6 is 0 Å². The average molecular weight is 158 g/mol. The summed E-state index contributed by atoms with van der Waals surface area (Å²) < 4.78 is 10.7. The summed E-state index contributed by atoms with van der Waals surface area (Å²) in [5, 5.41) is 8.85. The summed E-state index contributed by atoms with van der Waals surface area (Å²) in [6.07, 6.45) is 0.422. The molecule has 0 saturated carbocycles. The zero-order valence-corrected chi connectivity index (χ0v) is 6.96. The Balaban J connectivity index is 2.36. The van der Waals surface area contributed by atoms with Crippen LogP contribution in [0.3, 0.4) is 0 Å². The van der Waals surface area contributed by atoms with Gasteiger partial charge in [-0.3, -0.25) is 0 Å². The second kappa shape index (κ2) is 2.83. The minimum Gasteiger partial charge on any atom is -0.513 e. The molecule has 3 nitrogen and oxygen atoms in total. The van der Waals surface area contributed by atoms with Crippen molar-refractivity contribution in [1.29, 1.82) is 0 Å². The normalized spacial score (nSPS) is 28.7. The molecule has 1 atom stereocenters. The van der Waals surface area contributed by atoms with Crippen molar-refractivity contribution in [2.24, 2.45) is 0 Å². The van der Waals surface area contributed by atoms with Crippen LogP contribution in [-0.2, 0) is 9.47 Å². The van der Waals surface area contributed by atoms with Crippen molar-refractivity contribution < 1.29 is 14.6 Å². The molecule has 1 heterocycles. The zero-order chi connectivity index (χ0) is 8.48. The summed E-state index contributed by atoms with van der Waals surface area (Å²) in [6, 6.07) is 0. The Hall–Kier alpha value is -0.540. The van der Waals surface area contributed by atoms with Crippen LogP contribution in [0.25, 0.3) is 0 Å². The maximum atomic E-state index is 8.85. The first-order valence-electron chi connectivity index (χ1n) is 3.68. The molecule has 11 heavy (non-hydrogen) atoms. The highest BCUT2D eigenvalue weighted by Gasteiger charge is 2.32. The van der Waals surface area contributed by atoms with Gasteiger partial charge in [-0.1, -0.05) is 6.58 Å². The monoisotopic (exact) mass is 158 g/mol. The molecular weight excluding hydrogens is 144 g/mol. The highest BCUT2D eigenvalue weighted by Crippen LogP contribution is 2.24. The molecule has 1 aliphatic rings. The summed E-state index contributed by atoms with van der Waals surface area (Å²) in [4.78, 5) is 0. The minimum absolute atomic E-state index is 0.0394. The fourth-order valence-corrected chi connectivity index (χ4v) is 1.13. The van der Waals surface area contributed by atoms with Gasteiger partial charge in [-0.15, -0.1) is 0 Å². The summed E-state index contributed by atoms with van der Waals surface area (Å²) in [5.74, 6) is -0.351. The molecule has 0 unspecified atom stereocenters. The summed E-state index contributed by atoms with van der Waals surface area (Å²) in [5.41, 5.74) is 0. The molecule has 0 aromatic rings. The second-order valence-electron chi connectivity index (χ2n) is 3.22. The Kier molecular flexibility index (Phi) is 2.20. The van der Waals surface area contributed by atoms with E-state index in [2.05, 4.69) is 6.58 Å². The van der Waals surface area contributed by atoms with E-state index in [1.165, 1.54) is 0 Å². The van der Waals surface area contributed by atoms with Crippen LogP contribution in [0.15, 0.2) is 12.3 Å². The van der Waals surface area contributed by atoms with Crippen molar-refractivity contribution in [1.82, 2.24) is 0 Å². The predicted octanol–water partition coefficient (Wildman–Crippen LogP) is 1.60. The molecule has 0 aliphatic carbocycles. The maximum Gasteiger partial charge on any atom is 0.163 e. The van der Waals surface area contributed by atoms with E-state index in [-0.39, 0.29) is 11.9 Å². The molecule has 3 heteroatoms. The van der Waals surface area contributed by atoms with E-state index in [4.69, 9.17) is 14.6 Å². The first kappa shape index (κ1) is 8.56. The van der Waals surface area contributed by atoms with Gasteiger partial charge in [-0.25, -0.2) is 0 Å². The lowest BCUT2D eigenvalue weighted by molar-refractivity contribution is -0.138. The van der Waals surface area contributed by atoms with Crippen molar-refractivity contribution in [3.63, 3.8) is 0 Å². The van der Waals surface area contributed by atoms with Gasteiger partial charge in [-0.05, 0) is 13.8 Å². The number of hydrogen-bond donors (Lipinski definition) is 1. The summed E-state index contributed by atoms with van der Waals surface area (Å²) in [7, 11) is 0. The molecular formula is C8H14O3. The number of hydrogen-bond acceptors (Lipinski definition) is 3. The molecule has 0 bridgehead atoms. The fourth-order valence-electron chi connectivity index (χ4n) is 1.13. The summed E-state index contributed by atoms with van der Waals surface area (Å²) in [6.45, 7) is 7.63. The largest absolute Gasteiger partial charge is 0.513 e. The van der Waals surface area contributed by atoms with Crippen molar-refractivity contribution in [3.05, 3.63) is 12.3 Å². The Morgan fingerprint density at radius 2 is 2.36 bits per heavy atom. The van der Waals surface area contributed by atoms with E-state index >= 15 is 0 Å². The second-order valence-corrected chi connectivity index (χ2v) is 3.22. The average Bonchev–Trinajstić information content (AvgIpc) is 2.08. The molecule has 0 aromatic carbocycles. The van der Waals surface area contributed by atoms with Crippen LogP contribution in [0.1, 0.15) is 20.3 Å². The number of aliphatic hydroxyl groups is 1. The van der Waals surface area contributed by atoms with E-state index in [0.717, 1.165) is 0 Å². The third-order valence-corrected chi connectivity index (χ3v) is 1.53. The molecule has 1 saturated heterocycles. The fraction of sp³-hybridized carbons (Fsp3) is 0.750. The quantitative estimate of drug-likeness (QED) is 0.620. The molecule has 1 rings (SSSR count). The van der Waals surface area contributed by atoms with Gasteiger partial charge in [0.05, 0.1) is 18.5 Å². The highest BCUT2D eigenvalue weighted by molar-refractivity contribution is 4.85. The topological polar surface area (TPSA) is 38.7 Å². The lowest BCUT2D eigenvalue weighted by atomic mass is 10.2. The number of rotatable bonds is 2. The van der Waals surface area contributed by atoms with E-state index in [1.54, 1.807) is 0 Å². The lowest BCUT2D eigenvalue weighted by Gasteiger charge is -2.16. The van der Waals surface area contributed by atoms with Crippen LogP contribution in [0.2, 0.25) is 0 Å². The Morgan fingerprint density at radius 3 is 2.73 bits per heavy atom. The standard InChI is InChI=1S/C8H14O3/c1-6(9)4-7-5-10-8(2,3)11-7/h7,9H,1,4-5H2,2-3H3/t7-/m0/s1. The molecule has 0 spiro atoms. The predicted molar refractivity (Wildman–Crippen MR) is 41.3 cm³/mol. The number of ether oxygens (including phenoxy) is 2. The smallest absolute Gasteiger partial charge is 0.163 e. The molecule has 1 N–H and O–H groups in total. The van der Waals surface area contributed by atoms with Gasteiger partial charge < -0.3 is 14.6 Å². The highest BCUT2D eigenvalue weighted by atomic mass is 16.7. The van der Waals surface area contributed by atoms with E-state index < -0.39 is 5.79 Å². The Bertz CT molecular complexity index is 163. The molecule has 1 aliphatic heterocycles. The van der Waals surface area contributed by atoms with Crippen molar-refractivity contribution in [2.75, 3.05) is 6.61 Å². The van der Waals surface area contributed by atoms with Crippen LogP contribution < -0.4 is 0 Å². The van der Waals surface area contributed by atoms with Gasteiger partial charge in [0.2, 0.25) is 0 Å². The van der Waals surface area contributed by atoms with Gasteiger partial charge in [-0.2, -0.15) is 0 Å². The minimum atomic E-state index is -0.500. The Labute approximate surface area is 66.6 Å². The third-order valence-electron chi connectivity index (χ3n) is 1.53. The van der Waals surface area contributed by atoms with Crippen molar-refractivity contribution in [3.8, 4) is 0 Å². The van der Waals surface area contributed by atoms with Crippen LogP contribution in [0.4, 0.5) is 0 Å². The maximum absolute atomic E-state index is 8.85. The molecule has 0 amide bonds. The van der Waals surface area contributed by atoms with E-state index in [9.17, 15) is 0 Å². The van der Waals surface area contributed by atoms with Crippen LogP contribution in [-0.4, -0.2) is 23.6 Å². The van der Waals surface area contributed by atoms with Crippen LogP contribution in [0.5, 0.6) is 0 Å². The zero-order valence-electron chi connectivity index (χ0n) is 6.96. The van der Waals surface area contributed by atoms with Gasteiger partial charge in [0, 0.05) is 6.42 Å². The van der Waals surface area contributed by atoms with Gasteiger partial charge in [0.15, 0.2) is 5.79 Å². The SMILES string of the molecule is C=C(O)C[C@H]1COC(C)(C)O1. The number of aliphatic hydroxyl groups excluding tert-OH is 1. The molecule has 0 radical (unpaired) electrons. The Morgan fingerprint density at radius 1 is 1.73 bits per heavy atom. The molecule has 64 valence electrons. The summed E-state index contributed by atoms with van der Waals surface area (Å²) >= 11 is 0. The van der Waals surface area contributed by atoms with Gasteiger partial charge in [0.25, 0.3) is 0 Å². The van der Waals surface area contributed by atoms with E-state index in [1.807, 2.05) is 13.8 Å². The molecule has 1 fully saturated rings. The van der Waals surface area contributed by atoms with Crippen molar-refractivity contribution >= 4 is 0 Å². The van der Waals surface area contributed by atoms with Crippen molar-refractivity contribution in [2.45, 2.75) is 32.2 Å². The lowest BCUT2D eigenvalue weighted by Crippen LogP contribution is -2.21. The first-order chi connectivity index (χ1) is 4.99. The first-order valence-corrected chi connectivity index (χ1v) is 3.68. The molecule has 0 aromatic heterocycles.